The Morgan fingerprint density at radius 1 is 0.879 bits per heavy atom. The van der Waals surface area contributed by atoms with Gasteiger partial charge in [0.05, 0.1) is 8.44 Å². The van der Waals surface area contributed by atoms with Crippen LogP contribution in [0.25, 0.3) is 54.7 Å². The van der Waals surface area contributed by atoms with Crippen molar-refractivity contribution >= 4 is 43.5 Å². The molecule has 0 aliphatic rings. The van der Waals surface area contributed by atoms with E-state index in [1.165, 1.54) is 0 Å². The molecule has 0 fully saturated rings. The summed E-state index contributed by atoms with van der Waals surface area (Å²) in [5, 5.41) is 6.34. The van der Waals surface area contributed by atoms with Crippen molar-refractivity contribution in [2.75, 3.05) is 0 Å². The summed E-state index contributed by atoms with van der Waals surface area (Å²) in [4.78, 5) is 4.38. The summed E-state index contributed by atoms with van der Waals surface area (Å²) < 4.78 is 48.2. The molecule has 0 saturated heterocycles. The maximum absolute atomic E-state index is 9.06. The van der Waals surface area contributed by atoms with E-state index in [1.807, 2.05) is 51.1 Å². The number of benzene rings is 4. The zero-order valence-corrected chi connectivity index (χ0v) is 18.9. The normalized spacial score (nSPS) is 14.9. The van der Waals surface area contributed by atoms with Gasteiger partial charge in [-0.25, -0.2) is 0 Å². The average molecular weight is 435 g/mol. The number of pyridine rings is 1. The minimum atomic E-state index is -2.53. The van der Waals surface area contributed by atoms with E-state index in [0.29, 0.717) is 23.1 Å². The smallest absolute Gasteiger partial charge is 0.144 e. The van der Waals surface area contributed by atoms with Crippen LogP contribution in [0.4, 0.5) is 0 Å². The highest BCUT2D eigenvalue weighted by atomic mass is 16.3. The molecule has 33 heavy (non-hydrogen) atoms. The van der Waals surface area contributed by atoms with Crippen LogP contribution in [0.5, 0.6) is 0 Å². The fourth-order valence-corrected chi connectivity index (χ4v) is 4.69. The third-order valence-electron chi connectivity index (χ3n) is 6.18. The van der Waals surface area contributed by atoms with Gasteiger partial charge in [-0.1, -0.05) is 69.3 Å². The lowest BCUT2D eigenvalue weighted by molar-refractivity contribution is 0.410. The van der Waals surface area contributed by atoms with Crippen molar-refractivity contribution in [3.63, 3.8) is 0 Å². The first-order chi connectivity index (χ1) is 17.9. The van der Waals surface area contributed by atoms with Crippen LogP contribution in [-0.2, 0) is 6.42 Å². The fraction of sp³-hybridized carbons (Fsp3) is 0.194. The van der Waals surface area contributed by atoms with Crippen LogP contribution in [0.1, 0.15) is 38.8 Å². The van der Waals surface area contributed by atoms with Crippen LogP contribution in [0.15, 0.2) is 83.4 Å². The molecule has 0 aliphatic heterocycles. The first kappa shape index (κ1) is 15.2. The lowest BCUT2D eigenvalue weighted by Crippen LogP contribution is -2.10. The Morgan fingerprint density at radius 3 is 2.55 bits per heavy atom. The summed E-state index contributed by atoms with van der Waals surface area (Å²) in [6, 6.07) is 22.4. The molecule has 2 nitrogen and oxygen atoms in total. The van der Waals surface area contributed by atoms with E-state index in [9.17, 15) is 0 Å². The summed E-state index contributed by atoms with van der Waals surface area (Å²) in [6.07, 6.45) is 0.0239. The molecule has 0 saturated carbocycles. The number of hydrogen-bond acceptors (Lipinski definition) is 2. The third kappa shape index (κ3) is 3.38. The van der Waals surface area contributed by atoms with Gasteiger partial charge in [0, 0.05) is 26.6 Å². The van der Waals surface area contributed by atoms with Crippen molar-refractivity contribution < 1.29 is 11.3 Å². The van der Waals surface area contributed by atoms with Gasteiger partial charge in [-0.15, -0.1) is 0 Å². The Morgan fingerprint density at radius 2 is 1.70 bits per heavy atom. The van der Waals surface area contributed by atoms with Crippen molar-refractivity contribution in [2.24, 2.45) is 5.41 Å². The fourth-order valence-electron chi connectivity index (χ4n) is 4.69. The van der Waals surface area contributed by atoms with Gasteiger partial charge in [-0.3, -0.25) is 4.98 Å². The van der Waals surface area contributed by atoms with Crippen LogP contribution in [0, 0.1) is 12.3 Å². The zero-order valence-electron chi connectivity index (χ0n) is 23.9. The van der Waals surface area contributed by atoms with E-state index in [1.54, 1.807) is 0 Å². The molecule has 0 radical (unpaired) electrons. The molecular weight excluding hydrogens is 402 g/mol. The Labute approximate surface area is 200 Å². The van der Waals surface area contributed by atoms with Gasteiger partial charge in [-0.2, -0.15) is 0 Å². The van der Waals surface area contributed by atoms with Crippen molar-refractivity contribution in [1.29, 1.82) is 0 Å². The second kappa shape index (κ2) is 7.18. The maximum atomic E-state index is 9.06. The van der Waals surface area contributed by atoms with Gasteiger partial charge >= 0.3 is 0 Å². The Balaban J connectivity index is 1.64. The van der Waals surface area contributed by atoms with E-state index in [-0.39, 0.29) is 28.9 Å². The van der Waals surface area contributed by atoms with Gasteiger partial charge in [-0.05, 0) is 75.6 Å². The molecule has 6 rings (SSSR count). The first-order valence-corrected chi connectivity index (χ1v) is 11.2. The molecule has 162 valence electrons. The predicted molar refractivity (Wildman–Crippen MR) is 140 cm³/mol. The van der Waals surface area contributed by atoms with E-state index < -0.39 is 6.85 Å². The summed E-state index contributed by atoms with van der Waals surface area (Å²) in [6.45, 7) is 3.45. The standard InChI is InChI=1S/C31H27NO/c1-19-18-32-28(15-22(19)17-31(2,3)4)25-11-7-10-24-27-14-21-13-12-20-8-5-6-9-23(20)26(21)16-29(27)33-30(24)25/h5-16,18H,17H2,1-4H3/i1D3,15D,18D. The molecule has 4 aromatic carbocycles. The van der Waals surface area contributed by atoms with Gasteiger partial charge < -0.3 is 4.42 Å². The minimum absolute atomic E-state index is 0.0335. The number of para-hydroxylation sites is 1. The predicted octanol–water partition coefficient (Wildman–Crippen LogP) is 8.85. The molecule has 0 unspecified atom stereocenters. The van der Waals surface area contributed by atoms with E-state index in [4.69, 9.17) is 11.3 Å². The van der Waals surface area contributed by atoms with Crippen molar-refractivity contribution in [3.05, 3.63) is 90.1 Å². The summed E-state index contributed by atoms with van der Waals surface area (Å²) in [5.41, 5.74) is 2.07. The highest BCUT2D eigenvalue weighted by molar-refractivity contribution is 6.17. The number of hydrogen-bond donors (Lipinski definition) is 0. The summed E-state index contributed by atoms with van der Waals surface area (Å²) in [7, 11) is 0. The summed E-state index contributed by atoms with van der Waals surface area (Å²) in [5.74, 6) is 0. The molecule has 0 amide bonds. The zero-order chi connectivity index (χ0) is 27.0. The van der Waals surface area contributed by atoms with Crippen molar-refractivity contribution in [3.8, 4) is 11.3 Å². The van der Waals surface area contributed by atoms with Gasteiger partial charge in [0.25, 0.3) is 0 Å². The van der Waals surface area contributed by atoms with Gasteiger partial charge in [0.15, 0.2) is 0 Å². The topological polar surface area (TPSA) is 26.0 Å². The Kier molecular flexibility index (Phi) is 3.31. The summed E-state index contributed by atoms with van der Waals surface area (Å²) >= 11 is 0. The Hall–Kier alpha value is -3.65. The monoisotopic (exact) mass is 434 g/mol. The number of nitrogens with zero attached hydrogens (tertiary/aromatic N) is 1. The van der Waals surface area contributed by atoms with Crippen LogP contribution >= 0.6 is 0 Å². The number of rotatable bonds is 2. The van der Waals surface area contributed by atoms with E-state index >= 15 is 0 Å². The maximum Gasteiger partial charge on any atom is 0.144 e. The van der Waals surface area contributed by atoms with Gasteiger partial charge in [0.1, 0.15) is 11.2 Å². The van der Waals surface area contributed by atoms with Crippen LogP contribution < -0.4 is 0 Å². The molecule has 2 heterocycles. The highest BCUT2D eigenvalue weighted by Gasteiger charge is 2.17. The minimum Gasteiger partial charge on any atom is -0.455 e. The molecule has 6 aromatic rings. The van der Waals surface area contributed by atoms with E-state index in [2.05, 4.69) is 41.4 Å². The highest BCUT2D eigenvalue weighted by Crippen LogP contribution is 2.39. The molecule has 0 atom stereocenters. The van der Waals surface area contributed by atoms with Crippen molar-refractivity contribution in [2.45, 2.75) is 34.0 Å². The average Bonchev–Trinajstić information content (AvgIpc) is 3.21. The lowest BCUT2D eigenvalue weighted by Gasteiger charge is -2.20. The van der Waals surface area contributed by atoms with Crippen LogP contribution in [0.2, 0.25) is 0 Å². The number of aromatic nitrogens is 1. The molecular formula is C31H27NO. The second-order valence-corrected chi connectivity index (χ2v) is 9.93. The van der Waals surface area contributed by atoms with E-state index in [0.717, 1.165) is 37.9 Å². The third-order valence-corrected chi connectivity index (χ3v) is 6.18. The molecule has 0 bridgehead atoms. The first-order valence-electron chi connectivity index (χ1n) is 13.7. The SMILES string of the molecule is [2H]c1nc(-c2cccc3c2oc2cc4c(ccc5ccccc54)cc23)c([2H])c(CC(C)(C)C)c1C([2H])([2H])[2H]. The second-order valence-electron chi connectivity index (χ2n) is 9.93. The Bertz CT molecular complexity index is 1890. The largest absolute Gasteiger partial charge is 0.455 e. The van der Waals surface area contributed by atoms with Gasteiger partial charge in [0.2, 0.25) is 0 Å². The number of furan rings is 1. The van der Waals surface area contributed by atoms with Crippen LogP contribution in [-0.4, -0.2) is 4.98 Å². The molecule has 2 aromatic heterocycles. The lowest BCUT2D eigenvalue weighted by atomic mass is 9.86. The van der Waals surface area contributed by atoms with Crippen LogP contribution in [0.3, 0.4) is 0 Å². The number of fused-ring (bicyclic) bond motifs is 6. The van der Waals surface area contributed by atoms with Crippen molar-refractivity contribution in [1.82, 2.24) is 4.98 Å². The quantitative estimate of drug-likeness (QED) is 0.254. The molecule has 2 heteroatoms. The molecule has 0 aliphatic carbocycles. The molecule has 0 N–H and O–H groups in total. The molecule has 0 spiro atoms.